The van der Waals surface area contributed by atoms with Crippen molar-refractivity contribution in [1.29, 1.82) is 0 Å². The molecule has 1 heterocycles. The molecule has 0 saturated heterocycles. The third-order valence-electron chi connectivity index (χ3n) is 2.12. The van der Waals surface area contributed by atoms with E-state index in [9.17, 15) is 4.79 Å². The van der Waals surface area contributed by atoms with Crippen LogP contribution in [0.5, 0.6) is 0 Å². The van der Waals surface area contributed by atoms with E-state index in [0.29, 0.717) is 13.1 Å². The summed E-state index contributed by atoms with van der Waals surface area (Å²) in [5.41, 5.74) is 0.970. The Morgan fingerprint density at radius 2 is 2.21 bits per heavy atom. The summed E-state index contributed by atoms with van der Waals surface area (Å²) in [5, 5.41) is 0. The van der Waals surface area contributed by atoms with Gasteiger partial charge in [-0.15, -0.1) is 0 Å². The zero-order valence-corrected chi connectivity index (χ0v) is 9.07. The van der Waals surface area contributed by atoms with Crippen LogP contribution in [0.2, 0.25) is 0 Å². The van der Waals surface area contributed by atoms with Gasteiger partial charge in [-0.2, -0.15) is 0 Å². The number of halogens is 1. The van der Waals surface area contributed by atoms with Gasteiger partial charge in [-0.05, 0) is 6.07 Å². The van der Waals surface area contributed by atoms with E-state index in [0.717, 1.165) is 22.3 Å². The fourth-order valence-corrected chi connectivity index (χ4v) is 1.91. The van der Waals surface area contributed by atoms with E-state index in [-0.39, 0.29) is 0 Å². The molecule has 1 aromatic carbocycles. The maximum absolute atomic E-state index is 10.7. The van der Waals surface area contributed by atoms with Crippen LogP contribution in [0.4, 0.5) is 0 Å². The van der Waals surface area contributed by atoms with Gasteiger partial charge in [-0.3, -0.25) is 14.7 Å². The van der Waals surface area contributed by atoms with Crippen molar-refractivity contribution in [3.05, 3.63) is 34.3 Å². The summed E-state index contributed by atoms with van der Waals surface area (Å²) in [5.74, 6) is 0.757. The largest absolute Gasteiger partial charge is 0.297 e. The Morgan fingerprint density at radius 1 is 1.43 bits per heavy atom. The monoisotopic (exact) mass is 252 g/mol. The van der Waals surface area contributed by atoms with Gasteiger partial charge in [0.1, 0.15) is 5.84 Å². The fraction of sp³-hybridized carbons (Fsp3) is 0.200. The number of amides is 1. The first-order valence-corrected chi connectivity index (χ1v) is 5.13. The average Bonchev–Trinajstić information content (AvgIpc) is 2.66. The molecule has 0 aromatic heterocycles. The average molecular weight is 253 g/mol. The molecule has 4 heteroatoms. The molecule has 0 atom stereocenters. The van der Waals surface area contributed by atoms with Gasteiger partial charge in [0.05, 0.1) is 6.54 Å². The Kier molecular flexibility index (Phi) is 2.63. The molecule has 0 fully saturated rings. The van der Waals surface area contributed by atoms with Crippen LogP contribution in [0, 0.1) is 0 Å². The number of carbonyl (C=O) groups is 1. The number of amidine groups is 1. The molecule has 0 spiro atoms. The molecule has 0 saturated carbocycles. The Labute approximate surface area is 90.6 Å². The number of rotatable bonds is 2. The predicted octanol–water partition coefficient (Wildman–Crippen LogP) is 1.67. The molecule has 0 aliphatic carbocycles. The van der Waals surface area contributed by atoms with Gasteiger partial charge < -0.3 is 0 Å². The standard InChI is InChI=1S/C10H9BrN2O/c11-9-4-2-1-3-8(9)10-12-5-6-13(10)7-14/h1-4,7H,5-6H2. The highest BCUT2D eigenvalue weighted by molar-refractivity contribution is 9.10. The zero-order valence-electron chi connectivity index (χ0n) is 7.48. The van der Waals surface area contributed by atoms with E-state index in [1.807, 2.05) is 24.3 Å². The van der Waals surface area contributed by atoms with E-state index in [2.05, 4.69) is 20.9 Å². The summed E-state index contributed by atoms with van der Waals surface area (Å²) in [6, 6.07) is 7.77. The van der Waals surface area contributed by atoms with Crippen molar-refractivity contribution in [3.63, 3.8) is 0 Å². The van der Waals surface area contributed by atoms with Crippen LogP contribution in [0.1, 0.15) is 5.56 Å². The van der Waals surface area contributed by atoms with Crippen LogP contribution in [0.25, 0.3) is 0 Å². The molecule has 0 radical (unpaired) electrons. The molecule has 0 unspecified atom stereocenters. The number of aliphatic imine (C=N–C) groups is 1. The molecule has 1 aromatic rings. The van der Waals surface area contributed by atoms with Gasteiger partial charge in [0.2, 0.25) is 6.41 Å². The van der Waals surface area contributed by atoms with E-state index in [1.165, 1.54) is 0 Å². The number of hydrogen-bond donors (Lipinski definition) is 0. The SMILES string of the molecule is O=CN1CCN=C1c1ccccc1Br. The summed E-state index contributed by atoms with van der Waals surface area (Å²) < 4.78 is 0.965. The molecule has 1 aliphatic heterocycles. The lowest BCUT2D eigenvalue weighted by atomic mass is 10.2. The molecule has 1 amide bonds. The second-order valence-electron chi connectivity index (χ2n) is 2.98. The number of benzene rings is 1. The first kappa shape index (κ1) is 9.40. The number of hydrogen-bond acceptors (Lipinski definition) is 2. The first-order chi connectivity index (χ1) is 6.83. The molecule has 0 bridgehead atoms. The van der Waals surface area contributed by atoms with E-state index >= 15 is 0 Å². The van der Waals surface area contributed by atoms with Crippen LogP contribution in [0.3, 0.4) is 0 Å². The second kappa shape index (κ2) is 3.92. The summed E-state index contributed by atoms with van der Waals surface area (Å²) in [6.45, 7) is 1.37. The third-order valence-corrected chi connectivity index (χ3v) is 2.81. The van der Waals surface area contributed by atoms with Crippen molar-refractivity contribution in [2.75, 3.05) is 13.1 Å². The topological polar surface area (TPSA) is 32.7 Å². The lowest BCUT2D eigenvalue weighted by Crippen LogP contribution is -2.26. The van der Waals surface area contributed by atoms with Crippen molar-refractivity contribution in [1.82, 2.24) is 4.90 Å². The van der Waals surface area contributed by atoms with Crippen molar-refractivity contribution < 1.29 is 4.79 Å². The van der Waals surface area contributed by atoms with Crippen LogP contribution >= 0.6 is 15.9 Å². The normalized spacial score (nSPS) is 15.5. The van der Waals surface area contributed by atoms with Gasteiger partial charge in [-0.1, -0.05) is 34.1 Å². The lowest BCUT2D eigenvalue weighted by molar-refractivity contribution is -0.114. The number of nitrogens with zero attached hydrogens (tertiary/aromatic N) is 2. The van der Waals surface area contributed by atoms with Gasteiger partial charge >= 0.3 is 0 Å². The fourth-order valence-electron chi connectivity index (χ4n) is 1.45. The Bertz CT molecular complexity index is 389. The van der Waals surface area contributed by atoms with Gasteiger partial charge in [0, 0.05) is 16.6 Å². The van der Waals surface area contributed by atoms with E-state index < -0.39 is 0 Å². The predicted molar refractivity (Wildman–Crippen MR) is 58.3 cm³/mol. The van der Waals surface area contributed by atoms with Crippen molar-refractivity contribution >= 4 is 28.2 Å². The maximum atomic E-state index is 10.7. The molecule has 1 aliphatic rings. The summed E-state index contributed by atoms with van der Waals surface area (Å²) in [7, 11) is 0. The van der Waals surface area contributed by atoms with E-state index in [1.54, 1.807) is 4.90 Å². The van der Waals surface area contributed by atoms with Gasteiger partial charge in [0.15, 0.2) is 0 Å². The quantitative estimate of drug-likeness (QED) is 0.738. The molecule has 2 rings (SSSR count). The third kappa shape index (κ3) is 1.57. The molecular formula is C10H9BrN2O. The summed E-state index contributed by atoms with van der Waals surface area (Å²) in [4.78, 5) is 16.7. The van der Waals surface area contributed by atoms with Crippen molar-refractivity contribution in [2.24, 2.45) is 4.99 Å². The maximum Gasteiger partial charge on any atom is 0.215 e. The summed E-state index contributed by atoms with van der Waals surface area (Å²) in [6.07, 6.45) is 0.825. The second-order valence-corrected chi connectivity index (χ2v) is 3.84. The highest BCUT2D eigenvalue weighted by Gasteiger charge is 2.18. The van der Waals surface area contributed by atoms with Crippen LogP contribution in [-0.2, 0) is 4.79 Å². The highest BCUT2D eigenvalue weighted by atomic mass is 79.9. The molecule has 72 valence electrons. The minimum absolute atomic E-state index is 0.681. The first-order valence-electron chi connectivity index (χ1n) is 4.34. The molecular weight excluding hydrogens is 244 g/mol. The van der Waals surface area contributed by atoms with Crippen molar-refractivity contribution in [2.45, 2.75) is 0 Å². The molecule has 14 heavy (non-hydrogen) atoms. The van der Waals surface area contributed by atoms with Gasteiger partial charge in [-0.25, -0.2) is 0 Å². The summed E-state index contributed by atoms with van der Waals surface area (Å²) >= 11 is 3.44. The lowest BCUT2D eigenvalue weighted by Gasteiger charge is -2.12. The minimum Gasteiger partial charge on any atom is -0.297 e. The smallest absolute Gasteiger partial charge is 0.215 e. The van der Waals surface area contributed by atoms with Crippen LogP contribution in [-0.4, -0.2) is 30.2 Å². The van der Waals surface area contributed by atoms with E-state index in [4.69, 9.17) is 0 Å². The van der Waals surface area contributed by atoms with Crippen LogP contribution < -0.4 is 0 Å². The minimum atomic E-state index is 0.681. The highest BCUT2D eigenvalue weighted by Crippen LogP contribution is 2.19. The van der Waals surface area contributed by atoms with Crippen LogP contribution in [0.15, 0.2) is 33.7 Å². The van der Waals surface area contributed by atoms with Crippen molar-refractivity contribution in [3.8, 4) is 0 Å². The Balaban J connectivity index is 2.40. The van der Waals surface area contributed by atoms with Gasteiger partial charge in [0.25, 0.3) is 0 Å². The zero-order chi connectivity index (χ0) is 9.97. The number of carbonyl (C=O) groups excluding carboxylic acids is 1. The molecule has 3 nitrogen and oxygen atoms in total. The Hall–Kier alpha value is -1.16. The molecule has 0 N–H and O–H groups in total. The Morgan fingerprint density at radius 3 is 2.93 bits per heavy atom.